The van der Waals surface area contributed by atoms with Gasteiger partial charge >= 0.3 is 11.9 Å². The number of halogens is 1. The zero-order chi connectivity index (χ0) is 12.8. The molecule has 0 spiro atoms. The van der Waals surface area contributed by atoms with Crippen LogP contribution in [0.1, 0.15) is 17.3 Å². The van der Waals surface area contributed by atoms with E-state index in [1.165, 1.54) is 6.92 Å². The average molecular weight is 242 g/mol. The lowest BCUT2D eigenvalue weighted by Gasteiger charge is -2.09. The number of carboxylic acids is 1. The third-order valence-corrected chi connectivity index (χ3v) is 1.82. The number of hydrogen-bond acceptors (Lipinski definition) is 4. The van der Waals surface area contributed by atoms with Crippen LogP contribution in [0.2, 0.25) is 0 Å². The van der Waals surface area contributed by atoms with Gasteiger partial charge in [0.1, 0.15) is 30.3 Å². The molecule has 1 aromatic rings. The lowest BCUT2D eigenvalue weighted by atomic mass is 10.2. The zero-order valence-corrected chi connectivity index (χ0v) is 9.10. The van der Waals surface area contributed by atoms with Crippen LogP contribution in [0, 0.1) is 5.82 Å². The van der Waals surface area contributed by atoms with E-state index in [-0.39, 0.29) is 24.5 Å². The minimum Gasteiger partial charge on any atom is -0.489 e. The van der Waals surface area contributed by atoms with Gasteiger partial charge < -0.3 is 14.6 Å². The van der Waals surface area contributed by atoms with Gasteiger partial charge in [-0.15, -0.1) is 0 Å². The summed E-state index contributed by atoms with van der Waals surface area (Å²) in [6.07, 6.45) is 0. The molecule has 0 aliphatic rings. The Labute approximate surface area is 96.8 Å². The molecule has 17 heavy (non-hydrogen) atoms. The molecule has 92 valence electrons. The molecule has 0 heterocycles. The van der Waals surface area contributed by atoms with E-state index in [0.29, 0.717) is 0 Å². The summed E-state index contributed by atoms with van der Waals surface area (Å²) < 4.78 is 22.5. The zero-order valence-electron chi connectivity index (χ0n) is 9.10. The minimum atomic E-state index is -1.22. The average Bonchev–Trinajstić information content (AvgIpc) is 2.23. The molecule has 0 aliphatic heterocycles. The van der Waals surface area contributed by atoms with Crippen molar-refractivity contribution in [2.24, 2.45) is 0 Å². The maximum atomic E-state index is 12.9. The second kappa shape index (κ2) is 5.83. The monoisotopic (exact) mass is 242 g/mol. The smallest absolute Gasteiger partial charge is 0.339 e. The maximum absolute atomic E-state index is 12.9. The molecule has 0 unspecified atom stereocenters. The molecule has 0 bridgehead atoms. The first kappa shape index (κ1) is 13.0. The summed E-state index contributed by atoms with van der Waals surface area (Å²) in [5.74, 6) is -2.37. The van der Waals surface area contributed by atoms with Crippen molar-refractivity contribution >= 4 is 11.9 Å². The Bertz CT molecular complexity index is 430. The number of esters is 1. The Morgan fingerprint density at radius 1 is 1.35 bits per heavy atom. The fourth-order valence-corrected chi connectivity index (χ4v) is 1.13. The molecular weight excluding hydrogens is 231 g/mol. The standard InChI is InChI=1S/C11H11FO5/c1-7(13)16-4-5-17-10-6-8(12)2-3-9(10)11(14)15/h2-3,6H,4-5H2,1H3,(H,14,15). The van der Waals surface area contributed by atoms with Crippen LogP contribution in [0.25, 0.3) is 0 Å². The maximum Gasteiger partial charge on any atom is 0.339 e. The third-order valence-electron chi connectivity index (χ3n) is 1.82. The van der Waals surface area contributed by atoms with E-state index < -0.39 is 17.8 Å². The highest BCUT2D eigenvalue weighted by Crippen LogP contribution is 2.19. The van der Waals surface area contributed by atoms with Crippen molar-refractivity contribution in [2.75, 3.05) is 13.2 Å². The van der Waals surface area contributed by atoms with E-state index in [1.807, 2.05) is 0 Å². The van der Waals surface area contributed by atoms with Crippen LogP contribution in [0.5, 0.6) is 5.75 Å². The van der Waals surface area contributed by atoms with Gasteiger partial charge in [0, 0.05) is 13.0 Å². The summed E-state index contributed by atoms with van der Waals surface area (Å²) >= 11 is 0. The number of ether oxygens (including phenoxy) is 2. The first-order valence-electron chi connectivity index (χ1n) is 4.79. The van der Waals surface area contributed by atoms with Crippen LogP contribution in [-0.4, -0.2) is 30.3 Å². The Morgan fingerprint density at radius 3 is 2.65 bits per heavy atom. The van der Waals surface area contributed by atoms with Gasteiger partial charge in [0.05, 0.1) is 0 Å². The van der Waals surface area contributed by atoms with Gasteiger partial charge in [-0.1, -0.05) is 0 Å². The van der Waals surface area contributed by atoms with Crippen molar-refractivity contribution in [3.8, 4) is 5.75 Å². The predicted octanol–water partition coefficient (Wildman–Crippen LogP) is 1.47. The van der Waals surface area contributed by atoms with Crippen molar-refractivity contribution in [1.29, 1.82) is 0 Å². The lowest BCUT2D eigenvalue weighted by Crippen LogP contribution is -2.11. The van der Waals surface area contributed by atoms with Gasteiger partial charge in [-0.05, 0) is 12.1 Å². The van der Waals surface area contributed by atoms with Crippen molar-refractivity contribution in [3.63, 3.8) is 0 Å². The molecule has 1 N–H and O–H groups in total. The van der Waals surface area contributed by atoms with Crippen LogP contribution < -0.4 is 4.74 Å². The molecule has 0 aromatic heterocycles. The van der Waals surface area contributed by atoms with E-state index in [4.69, 9.17) is 9.84 Å². The predicted molar refractivity (Wildman–Crippen MR) is 55.5 cm³/mol. The van der Waals surface area contributed by atoms with E-state index in [1.54, 1.807) is 0 Å². The summed E-state index contributed by atoms with van der Waals surface area (Å²) in [7, 11) is 0. The Hall–Kier alpha value is -2.11. The second-order valence-electron chi connectivity index (χ2n) is 3.13. The van der Waals surface area contributed by atoms with Gasteiger partial charge in [-0.25, -0.2) is 9.18 Å². The van der Waals surface area contributed by atoms with Crippen LogP contribution >= 0.6 is 0 Å². The molecule has 5 nitrogen and oxygen atoms in total. The molecule has 6 heteroatoms. The van der Waals surface area contributed by atoms with Crippen molar-refractivity contribution in [2.45, 2.75) is 6.92 Å². The first-order valence-corrected chi connectivity index (χ1v) is 4.79. The topological polar surface area (TPSA) is 72.8 Å². The molecule has 0 amide bonds. The fourth-order valence-electron chi connectivity index (χ4n) is 1.13. The van der Waals surface area contributed by atoms with Crippen LogP contribution in [0.15, 0.2) is 18.2 Å². The van der Waals surface area contributed by atoms with Crippen molar-refractivity contribution < 1.29 is 28.6 Å². The summed E-state index contributed by atoms with van der Waals surface area (Å²) in [6.45, 7) is 1.18. The van der Waals surface area contributed by atoms with Gasteiger partial charge in [-0.2, -0.15) is 0 Å². The first-order chi connectivity index (χ1) is 8.00. The SMILES string of the molecule is CC(=O)OCCOc1cc(F)ccc1C(=O)O. The van der Waals surface area contributed by atoms with Crippen LogP contribution in [-0.2, 0) is 9.53 Å². The van der Waals surface area contributed by atoms with E-state index in [0.717, 1.165) is 18.2 Å². The van der Waals surface area contributed by atoms with Gasteiger partial charge in [-0.3, -0.25) is 4.79 Å². The molecule has 1 aromatic carbocycles. The normalized spacial score (nSPS) is 9.76. The Balaban J connectivity index is 2.65. The molecule has 0 fully saturated rings. The molecular formula is C11H11FO5. The van der Waals surface area contributed by atoms with E-state index in [9.17, 15) is 14.0 Å². The number of benzene rings is 1. The highest BCUT2D eigenvalue weighted by Gasteiger charge is 2.12. The molecule has 0 radical (unpaired) electrons. The second-order valence-corrected chi connectivity index (χ2v) is 3.13. The van der Waals surface area contributed by atoms with Gasteiger partial charge in [0.15, 0.2) is 0 Å². The molecule has 0 saturated carbocycles. The number of carboxylic acid groups (broad SMARTS) is 1. The van der Waals surface area contributed by atoms with Crippen molar-refractivity contribution in [3.05, 3.63) is 29.6 Å². The lowest BCUT2D eigenvalue weighted by molar-refractivity contribution is -0.141. The number of hydrogen-bond donors (Lipinski definition) is 1. The number of carbonyl (C=O) groups is 2. The van der Waals surface area contributed by atoms with Gasteiger partial charge in [0.25, 0.3) is 0 Å². The largest absolute Gasteiger partial charge is 0.489 e. The van der Waals surface area contributed by atoms with Gasteiger partial charge in [0.2, 0.25) is 0 Å². The molecule has 1 rings (SSSR count). The molecule has 0 aliphatic carbocycles. The minimum absolute atomic E-state index is 0.0229. The highest BCUT2D eigenvalue weighted by molar-refractivity contribution is 5.90. The number of aromatic carboxylic acids is 1. The third kappa shape index (κ3) is 4.10. The van der Waals surface area contributed by atoms with Crippen molar-refractivity contribution in [1.82, 2.24) is 0 Å². The number of carbonyl (C=O) groups excluding carboxylic acids is 1. The molecule has 0 atom stereocenters. The summed E-state index contributed by atoms with van der Waals surface area (Å²) in [6, 6.07) is 3.11. The summed E-state index contributed by atoms with van der Waals surface area (Å²) in [4.78, 5) is 21.2. The van der Waals surface area contributed by atoms with Crippen LogP contribution in [0.4, 0.5) is 4.39 Å². The van der Waals surface area contributed by atoms with E-state index in [2.05, 4.69) is 4.74 Å². The fraction of sp³-hybridized carbons (Fsp3) is 0.273. The van der Waals surface area contributed by atoms with Crippen LogP contribution in [0.3, 0.4) is 0 Å². The Kier molecular flexibility index (Phi) is 4.45. The van der Waals surface area contributed by atoms with E-state index >= 15 is 0 Å². The Morgan fingerprint density at radius 2 is 2.06 bits per heavy atom. The quantitative estimate of drug-likeness (QED) is 0.625. The molecule has 0 saturated heterocycles. The number of rotatable bonds is 5. The highest BCUT2D eigenvalue weighted by atomic mass is 19.1. The summed E-state index contributed by atoms with van der Waals surface area (Å²) in [5.41, 5.74) is -0.144. The summed E-state index contributed by atoms with van der Waals surface area (Å²) in [5, 5.41) is 8.81.